The highest BCUT2D eigenvalue weighted by Crippen LogP contribution is 2.36. The quantitative estimate of drug-likeness (QED) is 0.784. The van der Waals surface area contributed by atoms with Crippen molar-refractivity contribution in [3.63, 3.8) is 0 Å². The lowest BCUT2D eigenvalue weighted by Crippen LogP contribution is -1.99. The minimum absolute atomic E-state index is 0.0470. The highest BCUT2D eigenvalue weighted by atomic mass is 32.2. The number of aromatic carboxylic acids is 1. The molecule has 20 heavy (non-hydrogen) atoms. The normalized spacial score (nSPS) is 10.8. The number of fused-ring (bicyclic) bond motifs is 1. The van der Waals surface area contributed by atoms with Crippen molar-refractivity contribution in [2.24, 2.45) is 0 Å². The number of nitrogens with zero attached hydrogens (tertiary/aromatic N) is 1. The van der Waals surface area contributed by atoms with E-state index in [2.05, 4.69) is 4.98 Å². The molecule has 6 heteroatoms. The van der Waals surface area contributed by atoms with E-state index < -0.39 is 11.8 Å². The number of hydrogen-bond acceptors (Lipinski definition) is 4. The van der Waals surface area contributed by atoms with Crippen LogP contribution in [0.1, 0.15) is 10.4 Å². The molecule has 3 nitrogen and oxygen atoms in total. The Balaban J connectivity index is 2.00. The number of benzene rings is 2. The first kappa shape index (κ1) is 13.1. The zero-order chi connectivity index (χ0) is 14.1. The van der Waals surface area contributed by atoms with Crippen molar-refractivity contribution >= 4 is 39.3 Å². The minimum atomic E-state index is -1.15. The Hall–Kier alpha value is -1.92. The van der Waals surface area contributed by atoms with Crippen molar-refractivity contribution < 1.29 is 14.3 Å². The van der Waals surface area contributed by atoms with Gasteiger partial charge >= 0.3 is 5.97 Å². The molecule has 1 aromatic heterocycles. The third-order valence-electron chi connectivity index (χ3n) is 2.64. The van der Waals surface area contributed by atoms with Gasteiger partial charge in [0.1, 0.15) is 5.82 Å². The summed E-state index contributed by atoms with van der Waals surface area (Å²) in [6, 6.07) is 11.4. The van der Waals surface area contributed by atoms with Gasteiger partial charge in [0.05, 0.1) is 15.8 Å². The molecule has 0 unspecified atom stereocenters. The van der Waals surface area contributed by atoms with Crippen LogP contribution in [0.5, 0.6) is 0 Å². The van der Waals surface area contributed by atoms with Gasteiger partial charge in [0, 0.05) is 4.90 Å². The van der Waals surface area contributed by atoms with Gasteiger partial charge in [0.25, 0.3) is 0 Å². The molecule has 0 aliphatic carbocycles. The maximum atomic E-state index is 13.1. The molecule has 0 saturated heterocycles. The van der Waals surface area contributed by atoms with Crippen molar-refractivity contribution in [1.82, 2.24) is 4.98 Å². The SMILES string of the molecule is O=C(O)c1cc(F)ccc1Sc1nc2ccccc2s1. The largest absolute Gasteiger partial charge is 0.478 e. The summed E-state index contributed by atoms with van der Waals surface area (Å²) in [4.78, 5) is 16.0. The van der Waals surface area contributed by atoms with Gasteiger partial charge in [0.15, 0.2) is 4.34 Å². The van der Waals surface area contributed by atoms with E-state index >= 15 is 0 Å². The summed E-state index contributed by atoms with van der Waals surface area (Å²) in [5.74, 6) is -1.70. The van der Waals surface area contributed by atoms with Gasteiger partial charge in [-0.2, -0.15) is 0 Å². The molecule has 3 aromatic rings. The number of hydrogen-bond donors (Lipinski definition) is 1. The van der Waals surface area contributed by atoms with E-state index in [1.807, 2.05) is 24.3 Å². The van der Waals surface area contributed by atoms with E-state index in [0.717, 1.165) is 20.6 Å². The van der Waals surface area contributed by atoms with Gasteiger partial charge in [0.2, 0.25) is 0 Å². The molecule has 0 bridgehead atoms. The second kappa shape index (κ2) is 5.22. The molecular formula is C14H8FNO2S2. The second-order valence-electron chi connectivity index (χ2n) is 4.00. The standard InChI is InChI=1S/C14H8FNO2S2/c15-8-5-6-11(9(7-8)13(17)18)19-14-16-10-3-1-2-4-12(10)20-14/h1-7H,(H,17,18). The molecule has 0 aliphatic rings. The smallest absolute Gasteiger partial charge is 0.336 e. The zero-order valence-corrected chi connectivity index (χ0v) is 11.7. The van der Waals surface area contributed by atoms with Crippen LogP contribution in [0.4, 0.5) is 4.39 Å². The number of aromatic nitrogens is 1. The Morgan fingerprint density at radius 3 is 2.80 bits per heavy atom. The van der Waals surface area contributed by atoms with Gasteiger partial charge in [-0.3, -0.25) is 0 Å². The molecule has 0 aliphatic heterocycles. The minimum Gasteiger partial charge on any atom is -0.478 e. The molecule has 100 valence electrons. The molecule has 0 atom stereocenters. The van der Waals surface area contributed by atoms with E-state index in [9.17, 15) is 9.18 Å². The first-order valence-electron chi connectivity index (χ1n) is 5.70. The van der Waals surface area contributed by atoms with Crippen LogP contribution in [-0.2, 0) is 0 Å². The van der Waals surface area contributed by atoms with E-state index in [4.69, 9.17) is 5.11 Å². The summed E-state index contributed by atoms with van der Waals surface area (Å²) >= 11 is 2.72. The molecule has 2 aromatic carbocycles. The van der Waals surface area contributed by atoms with Crippen LogP contribution in [0.2, 0.25) is 0 Å². The first-order valence-corrected chi connectivity index (χ1v) is 7.33. The van der Waals surface area contributed by atoms with Crippen molar-refractivity contribution in [3.05, 3.63) is 53.8 Å². The highest BCUT2D eigenvalue weighted by Gasteiger charge is 2.14. The summed E-state index contributed by atoms with van der Waals surface area (Å²) in [6.07, 6.45) is 0. The third kappa shape index (κ3) is 2.52. The number of carbonyl (C=O) groups is 1. The van der Waals surface area contributed by atoms with E-state index in [1.165, 1.54) is 35.2 Å². The van der Waals surface area contributed by atoms with Crippen molar-refractivity contribution in [1.29, 1.82) is 0 Å². The van der Waals surface area contributed by atoms with Crippen LogP contribution >= 0.6 is 23.1 Å². The average molecular weight is 305 g/mol. The van der Waals surface area contributed by atoms with Gasteiger partial charge in [-0.05, 0) is 30.3 Å². The Morgan fingerprint density at radius 1 is 1.25 bits per heavy atom. The van der Waals surface area contributed by atoms with Crippen LogP contribution in [0.15, 0.2) is 51.7 Å². The fourth-order valence-corrected chi connectivity index (χ4v) is 3.87. The Morgan fingerprint density at radius 2 is 2.05 bits per heavy atom. The number of carboxylic acid groups (broad SMARTS) is 1. The number of thiazole rings is 1. The summed E-state index contributed by atoms with van der Waals surface area (Å²) in [5.41, 5.74) is 0.827. The topological polar surface area (TPSA) is 50.2 Å². The average Bonchev–Trinajstić information content (AvgIpc) is 2.82. The van der Waals surface area contributed by atoms with Crippen molar-refractivity contribution in [2.75, 3.05) is 0 Å². The maximum Gasteiger partial charge on any atom is 0.336 e. The summed E-state index contributed by atoms with van der Waals surface area (Å²) in [7, 11) is 0. The van der Waals surface area contributed by atoms with Gasteiger partial charge in [-0.15, -0.1) is 11.3 Å². The molecule has 0 saturated carbocycles. The fraction of sp³-hybridized carbons (Fsp3) is 0. The number of para-hydroxylation sites is 1. The lowest BCUT2D eigenvalue weighted by molar-refractivity contribution is 0.0692. The Labute approximate surface area is 122 Å². The monoisotopic (exact) mass is 305 g/mol. The highest BCUT2D eigenvalue weighted by molar-refractivity contribution is 8.01. The fourth-order valence-electron chi connectivity index (χ4n) is 1.75. The molecule has 0 radical (unpaired) electrons. The third-order valence-corrected chi connectivity index (χ3v) is 4.82. The molecule has 3 rings (SSSR count). The summed E-state index contributed by atoms with van der Waals surface area (Å²) in [5, 5.41) is 9.11. The van der Waals surface area contributed by atoms with E-state index in [1.54, 1.807) is 0 Å². The molecule has 0 fully saturated rings. The summed E-state index contributed by atoms with van der Waals surface area (Å²) < 4.78 is 14.9. The summed E-state index contributed by atoms with van der Waals surface area (Å²) in [6.45, 7) is 0. The van der Waals surface area contributed by atoms with Crippen LogP contribution in [0.3, 0.4) is 0 Å². The zero-order valence-electron chi connectivity index (χ0n) is 10.0. The molecule has 0 spiro atoms. The van der Waals surface area contributed by atoms with Crippen molar-refractivity contribution in [2.45, 2.75) is 9.24 Å². The van der Waals surface area contributed by atoms with E-state index in [-0.39, 0.29) is 5.56 Å². The van der Waals surface area contributed by atoms with Crippen LogP contribution in [0.25, 0.3) is 10.2 Å². The Bertz CT molecular complexity index is 768. The molecule has 0 amide bonds. The van der Waals surface area contributed by atoms with E-state index in [0.29, 0.717) is 4.90 Å². The molecule has 1 heterocycles. The predicted molar refractivity (Wildman–Crippen MR) is 77.1 cm³/mol. The number of rotatable bonds is 3. The Kier molecular flexibility index (Phi) is 3.42. The first-order chi connectivity index (χ1) is 9.63. The van der Waals surface area contributed by atoms with Gasteiger partial charge in [-0.1, -0.05) is 23.9 Å². The number of carboxylic acids is 1. The molecule has 1 N–H and O–H groups in total. The number of halogens is 1. The van der Waals surface area contributed by atoms with Crippen LogP contribution in [0, 0.1) is 5.82 Å². The molecular weight excluding hydrogens is 297 g/mol. The van der Waals surface area contributed by atoms with Gasteiger partial charge in [-0.25, -0.2) is 14.2 Å². The van der Waals surface area contributed by atoms with Crippen molar-refractivity contribution in [3.8, 4) is 0 Å². The maximum absolute atomic E-state index is 13.1. The van der Waals surface area contributed by atoms with Crippen LogP contribution < -0.4 is 0 Å². The van der Waals surface area contributed by atoms with Gasteiger partial charge < -0.3 is 5.11 Å². The lowest BCUT2D eigenvalue weighted by Gasteiger charge is -2.03. The van der Waals surface area contributed by atoms with Crippen LogP contribution in [-0.4, -0.2) is 16.1 Å². The second-order valence-corrected chi connectivity index (χ2v) is 6.31. The predicted octanol–water partition coefficient (Wildman–Crippen LogP) is 4.28. The lowest BCUT2D eigenvalue weighted by atomic mass is 10.2.